The Balaban J connectivity index is 1.25. The number of nitriles is 1. The van der Waals surface area contributed by atoms with Gasteiger partial charge in [-0.05, 0) is 74.6 Å². The fourth-order valence-corrected chi connectivity index (χ4v) is 6.44. The van der Waals surface area contributed by atoms with Crippen molar-refractivity contribution in [3.8, 4) is 6.07 Å². The van der Waals surface area contributed by atoms with E-state index in [1.807, 2.05) is 0 Å². The first-order valence-electron chi connectivity index (χ1n) is 12.6. The minimum absolute atomic E-state index is 0.128. The predicted molar refractivity (Wildman–Crippen MR) is 128 cm³/mol. The first kappa shape index (κ1) is 24.6. The summed E-state index contributed by atoms with van der Waals surface area (Å²) in [6, 6.07) is 7.50. The second-order valence-corrected chi connectivity index (χ2v) is 10.7. The van der Waals surface area contributed by atoms with Gasteiger partial charge in [0, 0.05) is 24.0 Å². The molecular weight excluding hydrogens is 469 g/mol. The summed E-state index contributed by atoms with van der Waals surface area (Å²) in [5.74, 6) is -0.822. The molecule has 1 aromatic heterocycles. The predicted octanol–water partition coefficient (Wildman–Crippen LogP) is 5.29. The van der Waals surface area contributed by atoms with Crippen LogP contribution >= 0.6 is 0 Å². The maximum atomic E-state index is 12.9. The number of anilines is 2. The van der Waals surface area contributed by atoms with Crippen molar-refractivity contribution in [3.05, 3.63) is 41.6 Å². The lowest BCUT2D eigenvalue weighted by molar-refractivity contribution is -0.137. The lowest BCUT2D eigenvalue weighted by Gasteiger charge is -2.48. The van der Waals surface area contributed by atoms with E-state index < -0.39 is 17.6 Å². The molecule has 0 saturated heterocycles. The Kier molecular flexibility index (Phi) is 6.45. The number of hydrogen-bond donors (Lipinski definition) is 3. The van der Waals surface area contributed by atoms with E-state index in [4.69, 9.17) is 5.73 Å². The van der Waals surface area contributed by atoms with Crippen molar-refractivity contribution in [2.75, 3.05) is 5.32 Å². The molecule has 3 aliphatic carbocycles. The molecule has 3 aliphatic rings. The maximum absolute atomic E-state index is 12.9. The highest BCUT2D eigenvalue weighted by Crippen LogP contribution is 2.53. The molecule has 192 valence electrons. The zero-order valence-corrected chi connectivity index (χ0v) is 20.0. The van der Waals surface area contributed by atoms with Crippen LogP contribution in [0.4, 0.5) is 24.7 Å². The molecular formula is C26H31F3N6O. The first-order valence-corrected chi connectivity index (χ1v) is 12.6. The third kappa shape index (κ3) is 4.94. The van der Waals surface area contributed by atoms with Crippen molar-refractivity contribution in [3.63, 3.8) is 0 Å². The molecule has 4 N–H and O–H groups in total. The number of carbonyl (C=O) groups is 1. The van der Waals surface area contributed by atoms with Crippen LogP contribution in [0.25, 0.3) is 0 Å². The molecule has 7 nitrogen and oxygen atoms in total. The van der Waals surface area contributed by atoms with Crippen LogP contribution in [0.1, 0.15) is 79.8 Å². The normalized spacial score (nSPS) is 25.9. The molecule has 1 spiro atoms. The molecule has 1 aromatic carbocycles. The van der Waals surface area contributed by atoms with Gasteiger partial charge in [-0.3, -0.25) is 9.48 Å². The molecule has 3 fully saturated rings. The highest BCUT2D eigenvalue weighted by molar-refractivity contribution is 5.98. The Morgan fingerprint density at radius 2 is 1.83 bits per heavy atom. The third-order valence-electron chi connectivity index (χ3n) is 8.29. The lowest BCUT2D eigenvalue weighted by Crippen LogP contribution is -2.52. The van der Waals surface area contributed by atoms with Gasteiger partial charge in [0.1, 0.15) is 5.56 Å². The van der Waals surface area contributed by atoms with Crippen LogP contribution < -0.4 is 16.4 Å². The summed E-state index contributed by atoms with van der Waals surface area (Å²) < 4.78 is 40.2. The van der Waals surface area contributed by atoms with Gasteiger partial charge in [-0.25, -0.2) is 0 Å². The van der Waals surface area contributed by atoms with E-state index in [-0.39, 0.29) is 29.4 Å². The molecule has 1 unspecified atom stereocenters. The van der Waals surface area contributed by atoms with Gasteiger partial charge in [0.2, 0.25) is 0 Å². The van der Waals surface area contributed by atoms with Gasteiger partial charge < -0.3 is 16.4 Å². The Labute approximate surface area is 208 Å². The van der Waals surface area contributed by atoms with Gasteiger partial charge in [0.05, 0.1) is 23.6 Å². The van der Waals surface area contributed by atoms with E-state index in [2.05, 4.69) is 21.8 Å². The van der Waals surface area contributed by atoms with E-state index in [1.54, 1.807) is 4.68 Å². The number of hydrogen-bond acceptors (Lipinski definition) is 5. The number of carbonyl (C=O) groups excluding carboxylic acids is 1. The van der Waals surface area contributed by atoms with Crippen LogP contribution in [0.3, 0.4) is 0 Å². The van der Waals surface area contributed by atoms with E-state index in [1.165, 1.54) is 56.9 Å². The number of aromatic nitrogens is 2. The van der Waals surface area contributed by atoms with Crippen molar-refractivity contribution in [1.82, 2.24) is 15.1 Å². The average Bonchev–Trinajstić information content (AvgIpc) is 3.46. The van der Waals surface area contributed by atoms with Gasteiger partial charge in [0.15, 0.2) is 5.82 Å². The maximum Gasteiger partial charge on any atom is 0.416 e. The molecule has 5 rings (SSSR count). The molecule has 0 aliphatic heterocycles. The molecule has 3 saturated carbocycles. The van der Waals surface area contributed by atoms with Gasteiger partial charge in [-0.1, -0.05) is 12.8 Å². The van der Waals surface area contributed by atoms with E-state index in [0.717, 1.165) is 25.0 Å². The minimum atomic E-state index is -4.44. The number of benzene rings is 1. The Bertz CT molecular complexity index is 1140. The topological polar surface area (TPSA) is 109 Å². The van der Waals surface area contributed by atoms with Gasteiger partial charge in [-0.15, -0.1) is 0 Å². The SMILES string of the molecule is N#C[C@@H]1CC(NC2CC3(CCCC3)C2)CC[C@H]1n1cc(C(N)=O)c(Nc2ccc(C(F)(F)F)cc2)n1. The summed E-state index contributed by atoms with van der Waals surface area (Å²) >= 11 is 0. The van der Waals surface area contributed by atoms with Crippen LogP contribution in [-0.2, 0) is 6.18 Å². The Morgan fingerprint density at radius 3 is 2.44 bits per heavy atom. The third-order valence-corrected chi connectivity index (χ3v) is 8.29. The first-order chi connectivity index (χ1) is 17.2. The van der Waals surface area contributed by atoms with Crippen molar-refractivity contribution >= 4 is 17.4 Å². The molecule has 10 heteroatoms. The zero-order valence-electron chi connectivity index (χ0n) is 20.0. The number of alkyl halides is 3. The highest BCUT2D eigenvalue weighted by atomic mass is 19.4. The summed E-state index contributed by atoms with van der Waals surface area (Å²) in [7, 11) is 0. The van der Waals surface area contributed by atoms with Gasteiger partial charge in [0.25, 0.3) is 5.91 Å². The molecule has 0 radical (unpaired) electrons. The Hall–Kier alpha value is -3.06. The molecule has 2 aromatic rings. The van der Waals surface area contributed by atoms with Crippen molar-refractivity contribution < 1.29 is 18.0 Å². The van der Waals surface area contributed by atoms with Crippen molar-refractivity contribution in [2.45, 2.75) is 82.1 Å². The summed E-state index contributed by atoms with van der Waals surface area (Å²) in [6.45, 7) is 0. The summed E-state index contributed by atoms with van der Waals surface area (Å²) in [5.41, 5.74) is 5.83. The average molecular weight is 501 g/mol. The number of nitrogens with one attached hydrogen (secondary N) is 2. The molecule has 0 bridgehead atoms. The van der Waals surface area contributed by atoms with Crippen molar-refractivity contribution in [2.24, 2.45) is 17.1 Å². The van der Waals surface area contributed by atoms with Crippen LogP contribution in [0, 0.1) is 22.7 Å². The number of nitrogens with two attached hydrogens (primary N) is 1. The second kappa shape index (κ2) is 9.43. The van der Waals surface area contributed by atoms with E-state index in [9.17, 15) is 23.2 Å². The van der Waals surface area contributed by atoms with E-state index >= 15 is 0 Å². The number of primary amides is 1. The van der Waals surface area contributed by atoms with Crippen LogP contribution in [0.5, 0.6) is 0 Å². The van der Waals surface area contributed by atoms with Crippen molar-refractivity contribution in [1.29, 1.82) is 5.26 Å². The smallest absolute Gasteiger partial charge is 0.365 e. The summed E-state index contributed by atoms with van der Waals surface area (Å²) in [4.78, 5) is 12.1. The lowest BCUT2D eigenvalue weighted by atomic mass is 9.64. The standard InChI is InChI=1S/C26H31F3N6O/c27-26(28,29)17-3-5-18(6-4-17)33-24-21(23(31)36)15-35(34-24)22-8-7-19(11-16(22)14-30)32-20-12-25(13-20)9-1-2-10-25/h3-6,15-16,19-20,22,32H,1-2,7-13H2,(H2,31,36)(H,33,34)/t16-,19?,22+/m0/s1. The minimum Gasteiger partial charge on any atom is -0.365 e. The van der Waals surface area contributed by atoms with Gasteiger partial charge in [-0.2, -0.15) is 23.5 Å². The fourth-order valence-electron chi connectivity index (χ4n) is 6.44. The Morgan fingerprint density at radius 1 is 1.14 bits per heavy atom. The number of halogens is 3. The molecule has 1 heterocycles. The zero-order chi connectivity index (χ0) is 25.5. The van der Waals surface area contributed by atoms with Crippen LogP contribution in [0.15, 0.2) is 30.5 Å². The molecule has 36 heavy (non-hydrogen) atoms. The second-order valence-electron chi connectivity index (χ2n) is 10.7. The fraction of sp³-hybridized carbons (Fsp3) is 0.577. The van der Waals surface area contributed by atoms with Crippen LogP contribution in [0.2, 0.25) is 0 Å². The molecule has 1 amide bonds. The number of amides is 1. The largest absolute Gasteiger partial charge is 0.416 e. The monoisotopic (exact) mass is 500 g/mol. The highest BCUT2D eigenvalue weighted by Gasteiger charge is 2.46. The number of nitrogens with zero attached hydrogens (tertiary/aromatic N) is 3. The molecule has 3 atom stereocenters. The van der Waals surface area contributed by atoms with E-state index in [0.29, 0.717) is 23.6 Å². The van der Waals surface area contributed by atoms with Crippen LogP contribution in [-0.4, -0.2) is 27.8 Å². The van der Waals surface area contributed by atoms with Gasteiger partial charge >= 0.3 is 6.18 Å². The summed E-state index contributed by atoms with van der Waals surface area (Å²) in [6.07, 6.45) is 7.32. The quantitative estimate of drug-likeness (QED) is 0.499. The number of rotatable bonds is 6. The summed E-state index contributed by atoms with van der Waals surface area (Å²) in [5, 5.41) is 21.1.